The molecule has 1 aliphatic rings. The van der Waals surface area contributed by atoms with Crippen LogP contribution < -0.4 is 5.32 Å². The lowest BCUT2D eigenvalue weighted by molar-refractivity contribution is 0.557. The maximum absolute atomic E-state index is 8.69. The molecule has 0 radical (unpaired) electrons. The average molecular weight is 265 g/mol. The van der Waals surface area contributed by atoms with Crippen molar-refractivity contribution in [1.29, 1.82) is 5.26 Å². The first-order chi connectivity index (χ1) is 7.24. The van der Waals surface area contributed by atoms with E-state index in [4.69, 9.17) is 5.26 Å². The van der Waals surface area contributed by atoms with E-state index in [1.807, 2.05) is 24.3 Å². The van der Waals surface area contributed by atoms with Gasteiger partial charge in [0.2, 0.25) is 0 Å². The van der Waals surface area contributed by atoms with Crippen LogP contribution in [0.5, 0.6) is 0 Å². The molecule has 1 aliphatic carbocycles. The maximum atomic E-state index is 8.69. The molecule has 3 heteroatoms. The molecule has 0 bridgehead atoms. The molecule has 1 N–H and O–H groups in total. The Morgan fingerprint density at radius 2 is 2.00 bits per heavy atom. The van der Waals surface area contributed by atoms with Gasteiger partial charge in [-0.1, -0.05) is 15.9 Å². The molecule has 78 valence electrons. The molecule has 2 rings (SSSR count). The second-order valence-electron chi connectivity index (χ2n) is 4.20. The van der Waals surface area contributed by atoms with Crippen LogP contribution in [0.25, 0.3) is 0 Å². The minimum Gasteiger partial charge on any atom is -0.384 e. The van der Waals surface area contributed by atoms with Crippen LogP contribution in [0.4, 0.5) is 5.69 Å². The number of halogens is 1. The smallest absolute Gasteiger partial charge is 0.0628 e. The number of rotatable bonds is 4. The number of hydrogen-bond acceptors (Lipinski definition) is 2. The zero-order chi connectivity index (χ0) is 10.7. The molecule has 0 atom stereocenters. The summed E-state index contributed by atoms with van der Waals surface area (Å²) in [6.07, 6.45) is 3.05. The molecule has 1 saturated carbocycles. The first-order valence-electron chi connectivity index (χ1n) is 5.11. The summed E-state index contributed by atoms with van der Waals surface area (Å²) in [5, 5.41) is 12.1. The fourth-order valence-electron chi connectivity index (χ4n) is 1.62. The summed E-state index contributed by atoms with van der Waals surface area (Å²) < 4.78 is 1.09. The number of benzene rings is 1. The lowest BCUT2D eigenvalue weighted by Gasteiger charge is -2.13. The van der Waals surface area contributed by atoms with Gasteiger partial charge < -0.3 is 5.32 Å². The Labute approximate surface area is 98.4 Å². The van der Waals surface area contributed by atoms with E-state index in [1.165, 1.54) is 12.8 Å². The number of nitriles is 1. The first-order valence-corrected chi connectivity index (χ1v) is 5.90. The third-order valence-corrected chi connectivity index (χ3v) is 3.45. The van der Waals surface area contributed by atoms with Crippen molar-refractivity contribution >= 4 is 21.6 Å². The Bertz CT molecular complexity index is 374. The highest BCUT2D eigenvalue weighted by Crippen LogP contribution is 2.48. The Hall–Kier alpha value is -1.01. The SMILES string of the molecule is N#CCC1(CNc2ccc(Br)cc2)CC1. The first kappa shape index (κ1) is 10.5. The normalized spacial score (nSPS) is 16.8. The Morgan fingerprint density at radius 1 is 1.33 bits per heavy atom. The highest BCUT2D eigenvalue weighted by Gasteiger charge is 2.41. The van der Waals surface area contributed by atoms with E-state index in [2.05, 4.69) is 27.3 Å². The van der Waals surface area contributed by atoms with Crippen molar-refractivity contribution in [3.8, 4) is 6.07 Å². The van der Waals surface area contributed by atoms with Gasteiger partial charge in [-0.15, -0.1) is 0 Å². The van der Waals surface area contributed by atoms with Crippen molar-refractivity contribution < 1.29 is 0 Å². The van der Waals surface area contributed by atoms with Gasteiger partial charge in [0, 0.05) is 28.5 Å². The summed E-state index contributed by atoms with van der Waals surface area (Å²) in [6.45, 7) is 0.919. The van der Waals surface area contributed by atoms with Gasteiger partial charge in [-0.05, 0) is 37.1 Å². The van der Waals surface area contributed by atoms with E-state index in [-0.39, 0.29) is 5.41 Å². The lowest BCUT2D eigenvalue weighted by atomic mass is 10.0. The van der Waals surface area contributed by atoms with Crippen LogP contribution in [0.3, 0.4) is 0 Å². The van der Waals surface area contributed by atoms with Gasteiger partial charge in [0.25, 0.3) is 0 Å². The molecule has 15 heavy (non-hydrogen) atoms. The highest BCUT2D eigenvalue weighted by molar-refractivity contribution is 9.10. The zero-order valence-corrected chi connectivity index (χ0v) is 10.0. The van der Waals surface area contributed by atoms with E-state index in [9.17, 15) is 0 Å². The van der Waals surface area contributed by atoms with Crippen molar-refractivity contribution in [2.45, 2.75) is 19.3 Å². The summed E-state index contributed by atoms with van der Waals surface area (Å²) in [7, 11) is 0. The topological polar surface area (TPSA) is 35.8 Å². The Balaban J connectivity index is 1.88. The summed E-state index contributed by atoms with van der Waals surface area (Å²) >= 11 is 3.40. The molecule has 1 aromatic carbocycles. The second-order valence-corrected chi connectivity index (χ2v) is 5.11. The monoisotopic (exact) mass is 264 g/mol. The van der Waals surface area contributed by atoms with E-state index < -0.39 is 0 Å². The fraction of sp³-hybridized carbons (Fsp3) is 0.417. The van der Waals surface area contributed by atoms with E-state index in [0.29, 0.717) is 6.42 Å². The van der Waals surface area contributed by atoms with Gasteiger partial charge >= 0.3 is 0 Å². The quantitative estimate of drug-likeness (QED) is 0.903. The number of hydrogen-bond donors (Lipinski definition) is 1. The number of nitrogens with zero attached hydrogens (tertiary/aromatic N) is 1. The molecule has 0 aromatic heterocycles. The number of anilines is 1. The van der Waals surface area contributed by atoms with E-state index in [1.54, 1.807) is 0 Å². The van der Waals surface area contributed by atoms with E-state index in [0.717, 1.165) is 16.7 Å². The summed E-state index contributed by atoms with van der Waals surface area (Å²) in [5.74, 6) is 0. The van der Waals surface area contributed by atoms with Crippen LogP contribution in [-0.2, 0) is 0 Å². The van der Waals surface area contributed by atoms with Crippen LogP contribution in [0, 0.1) is 16.7 Å². The molecule has 1 fully saturated rings. The molecule has 0 amide bonds. The average Bonchev–Trinajstić information content (AvgIpc) is 2.99. The molecule has 0 heterocycles. The largest absolute Gasteiger partial charge is 0.384 e. The summed E-state index contributed by atoms with van der Waals surface area (Å²) in [5.41, 5.74) is 1.39. The van der Waals surface area contributed by atoms with Crippen molar-refractivity contribution in [1.82, 2.24) is 0 Å². The standard InChI is InChI=1S/C12H13BrN2/c13-10-1-3-11(4-2-10)15-9-12(5-6-12)7-8-14/h1-4,15H,5-7,9H2. The third-order valence-electron chi connectivity index (χ3n) is 2.92. The van der Waals surface area contributed by atoms with Crippen LogP contribution in [0.15, 0.2) is 28.7 Å². The van der Waals surface area contributed by atoms with Gasteiger partial charge in [-0.3, -0.25) is 0 Å². The van der Waals surface area contributed by atoms with Gasteiger partial charge in [-0.2, -0.15) is 5.26 Å². The van der Waals surface area contributed by atoms with Crippen molar-refractivity contribution in [2.24, 2.45) is 5.41 Å². The third kappa shape index (κ3) is 2.73. The molecule has 0 spiro atoms. The van der Waals surface area contributed by atoms with Crippen LogP contribution in [-0.4, -0.2) is 6.54 Å². The van der Waals surface area contributed by atoms with Crippen molar-refractivity contribution in [3.05, 3.63) is 28.7 Å². The zero-order valence-electron chi connectivity index (χ0n) is 8.46. The minimum absolute atomic E-state index is 0.266. The molecular weight excluding hydrogens is 252 g/mol. The summed E-state index contributed by atoms with van der Waals surface area (Å²) in [4.78, 5) is 0. The fourth-order valence-corrected chi connectivity index (χ4v) is 1.88. The molecule has 0 unspecified atom stereocenters. The molecule has 0 aliphatic heterocycles. The molecule has 0 saturated heterocycles. The van der Waals surface area contributed by atoms with E-state index >= 15 is 0 Å². The summed E-state index contributed by atoms with van der Waals surface area (Å²) in [6, 6.07) is 10.4. The van der Waals surface area contributed by atoms with Gasteiger partial charge in [-0.25, -0.2) is 0 Å². The Morgan fingerprint density at radius 3 is 2.53 bits per heavy atom. The predicted molar refractivity (Wildman–Crippen MR) is 64.5 cm³/mol. The molecule has 2 nitrogen and oxygen atoms in total. The second kappa shape index (κ2) is 4.24. The van der Waals surface area contributed by atoms with Gasteiger partial charge in [0.1, 0.15) is 0 Å². The van der Waals surface area contributed by atoms with Gasteiger partial charge in [0.15, 0.2) is 0 Å². The van der Waals surface area contributed by atoms with Crippen molar-refractivity contribution in [3.63, 3.8) is 0 Å². The van der Waals surface area contributed by atoms with Gasteiger partial charge in [0.05, 0.1) is 6.07 Å². The highest BCUT2D eigenvalue weighted by atomic mass is 79.9. The number of nitrogens with one attached hydrogen (secondary N) is 1. The van der Waals surface area contributed by atoms with Crippen molar-refractivity contribution in [2.75, 3.05) is 11.9 Å². The maximum Gasteiger partial charge on any atom is 0.0628 e. The minimum atomic E-state index is 0.266. The van der Waals surface area contributed by atoms with Crippen LogP contribution in [0.1, 0.15) is 19.3 Å². The lowest BCUT2D eigenvalue weighted by Crippen LogP contribution is -2.14. The predicted octanol–water partition coefficient (Wildman–Crippen LogP) is 3.55. The molecule has 1 aromatic rings. The van der Waals surface area contributed by atoms with Crippen LogP contribution in [0.2, 0.25) is 0 Å². The van der Waals surface area contributed by atoms with Crippen LogP contribution >= 0.6 is 15.9 Å². The Kier molecular flexibility index (Phi) is 2.97. The molecular formula is C12H13BrN2.